The van der Waals surface area contributed by atoms with Crippen molar-refractivity contribution in [1.82, 2.24) is 10.2 Å². The fourth-order valence-corrected chi connectivity index (χ4v) is 2.89. The average Bonchev–Trinajstić information content (AvgIpc) is 2.62. The molecule has 0 saturated carbocycles. The van der Waals surface area contributed by atoms with Gasteiger partial charge in [0, 0.05) is 31.9 Å². The van der Waals surface area contributed by atoms with E-state index in [2.05, 4.69) is 10.6 Å². The van der Waals surface area contributed by atoms with Crippen LogP contribution in [0.2, 0.25) is 0 Å². The number of ether oxygens (including phenoxy) is 2. The molecule has 1 aromatic carbocycles. The number of nitrogens with zero attached hydrogens (tertiary/aromatic N) is 1. The molecule has 0 aromatic heterocycles. The summed E-state index contributed by atoms with van der Waals surface area (Å²) < 4.78 is 10.1. The number of rotatable bonds is 6. The van der Waals surface area contributed by atoms with Crippen molar-refractivity contribution in [3.05, 3.63) is 24.3 Å². The first-order valence-corrected chi connectivity index (χ1v) is 8.53. The zero-order valence-corrected chi connectivity index (χ0v) is 15.1. The number of hydrogen-bond donors (Lipinski definition) is 2. The predicted octanol–water partition coefficient (Wildman–Crippen LogP) is 2.09. The van der Waals surface area contributed by atoms with Crippen LogP contribution in [-0.2, 0) is 9.53 Å². The van der Waals surface area contributed by atoms with Crippen LogP contribution in [0.15, 0.2) is 24.3 Å². The third-order valence-electron chi connectivity index (χ3n) is 4.46. The van der Waals surface area contributed by atoms with Crippen LogP contribution in [0.25, 0.3) is 0 Å². The van der Waals surface area contributed by atoms with E-state index in [4.69, 9.17) is 9.47 Å². The molecule has 138 valence electrons. The lowest BCUT2D eigenvalue weighted by molar-refractivity contribution is -0.126. The molecule has 1 fully saturated rings. The average molecular weight is 349 g/mol. The summed E-state index contributed by atoms with van der Waals surface area (Å²) in [6.45, 7) is 3.39. The summed E-state index contributed by atoms with van der Waals surface area (Å²) >= 11 is 0. The molecule has 25 heavy (non-hydrogen) atoms. The van der Waals surface area contributed by atoms with Gasteiger partial charge in [0.25, 0.3) is 0 Å². The largest absolute Gasteiger partial charge is 0.497 e. The molecule has 0 unspecified atom stereocenters. The first kappa shape index (κ1) is 19.1. The van der Waals surface area contributed by atoms with E-state index in [1.54, 1.807) is 43.4 Å². The van der Waals surface area contributed by atoms with Gasteiger partial charge in [0.15, 0.2) is 0 Å². The number of anilines is 1. The van der Waals surface area contributed by atoms with Gasteiger partial charge in [0.2, 0.25) is 5.91 Å². The van der Waals surface area contributed by atoms with Crippen LogP contribution in [-0.4, -0.2) is 56.8 Å². The molecule has 0 aliphatic carbocycles. The number of urea groups is 1. The summed E-state index contributed by atoms with van der Waals surface area (Å²) in [5, 5.41) is 5.74. The van der Waals surface area contributed by atoms with Gasteiger partial charge < -0.3 is 25.0 Å². The highest BCUT2D eigenvalue weighted by Crippen LogP contribution is 2.23. The number of carbonyl (C=O) groups is 2. The summed E-state index contributed by atoms with van der Waals surface area (Å²) in [6, 6.07) is 7.08. The number of piperidine rings is 1. The number of benzene rings is 1. The summed E-state index contributed by atoms with van der Waals surface area (Å²) in [5.41, 5.74) is 0.699. The Labute approximate surface area is 148 Å². The molecule has 7 heteroatoms. The molecule has 2 rings (SSSR count). The fourth-order valence-electron chi connectivity index (χ4n) is 2.89. The third-order valence-corrected chi connectivity index (χ3v) is 4.46. The Morgan fingerprint density at radius 1 is 1.20 bits per heavy atom. The Morgan fingerprint density at radius 2 is 1.92 bits per heavy atom. The maximum absolute atomic E-state index is 12.6. The maximum Gasteiger partial charge on any atom is 0.322 e. The van der Waals surface area contributed by atoms with Gasteiger partial charge in [-0.2, -0.15) is 0 Å². The number of carbonyl (C=O) groups excluding carboxylic acids is 2. The topological polar surface area (TPSA) is 79.9 Å². The lowest BCUT2D eigenvalue weighted by Crippen LogP contribution is -2.51. The van der Waals surface area contributed by atoms with Crippen LogP contribution in [0.4, 0.5) is 10.5 Å². The third kappa shape index (κ3) is 5.35. The van der Waals surface area contributed by atoms with Gasteiger partial charge in [-0.25, -0.2) is 4.79 Å². The normalized spacial score (nSPS) is 20.0. The van der Waals surface area contributed by atoms with E-state index in [-0.39, 0.29) is 23.9 Å². The van der Waals surface area contributed by atoms with E-state index in [1.807, 2.05) is 6.92 Å². The van der Waals surface area contributed by atoms with Crippen molar-refractivity contribution in [1.29, 1.82) is 0 Å². The van der Waals surface area contributed by atoms with Crippen molar-refractivity contribution in [2.24, 2.45) is 5.92 Å². The highest BCUT2D eigenvalue weighted by atomic mass is 16.5. The van der Waals surface area contributed by atoms with Gasteiger partial charge in [-0.3, -0.25) is 4.79 Å². The summed E-state index contributed by atoms with van der Waals surface area (Å²) in [7, 11) is 3.19. The molecule has 0 radical (unpaired) electrons. The summed E-state index contributed by atoms with van der Waals surface area (Å²) in [6.07, 6.45) is 1.59. The molecule has 7 nitrogen and oxygen atoms in total. The second-order valence-electron chi connectivity index (χ2n) is 6.22. The highest BCUT2D eigenvalue weighted by Gasteiger charge is 2.32. The minimum Gasteiger partial charge on any atom is -0.497 e. The van der Waals surface area contributed by atoms with Crippen molar-refractivity contribution in [3.8, 4) is 5.75 Å². The van der Waals surface area contributed by atoms with E-state index >= 15 is 0 Å². The molecular weight excluding hydrogens is 322 g/mol. The van der Waals surface area contributed by atoms with Crippen LogP contribution in [0.1, 0.15) is 19.8 Å². The minimum absolute atomic E-state index is 0.0220. The second-order valence-corrected chi connectivity index (χ2v) is 6.22. The zero-order chi connectivity index (χ0) is 18.2. The summed E-state index contributed by atoms with van der Waals surface area (Å²) in [4.78, 5) is 26.6. The van der Waals surface area contributed by atoms with Crippen LogP contribution in [0.3, 0.4) is 0 Å². The molecule has 0 bridgehead atoms. The fraction of sp³-hybridized carbons (Fsp3) is 0.556. The molecule has 1 heterocycles. The summed E-state index contributed by atoms with van der Waals surface area (Å²) in [5.74, 6) is 0.526. The number of likely N-dealkylation sites (tertiary alicyclic amines) is 1. The predicted molar refractivity (Wildman–Crippen MR) is 95.8 cm³/mol. The van der Waals surface area contributed by atoms with Crippen molar-refractivity contribution >= 4 is 17.6 Å². The minimum atomic E-state index is -0.188. The Hall–Kier alpha value is -2.28. The zero-order valence-electron chi connectivity index (χ0n) is 15.1. The Bertz CT molecular complexity index is 576. The molecule has 1 saturated heterocycles. The first-order chi connectivity index (χ1) is 12.0. The smallest absolute Gasteiger partial charge is 0.322 e. The Morgan fingerprint density at radius 3 is 2.56 bits per heavy atom. The standard InChI is InChI=1S/C18H27N3O4/c1-13-4-5-14(17(22)19-10-11-24-2)12-21(13)18(23)20-15-6-8-16(25-3)9-7-15/h6-9,13-14H,4-5,10-12H2,1-3H3,(H,19,22)(H,20,23)/t13-,14+/m0/s1. The van der Waals surface area contributed by atoms with Crippen LogP contribution in [0.5, 0.6) is 5.75 Å². The van der Waals surface area contributed by atoms with E-state index in [1.165, 1.54) is 0 Å². The quantitative estimate of drug-likeness (QED) is 0.771. The molecule has 1 aliphatic heterocycles. The monoisotopic (exact) mass is 349 g/mol. The lowest BCUT2D eigenvalue weighted by Gasteiger charge is -2.37. The number of amides is 3. The van der Waals surface area contributed by atoms with Gasteiger partial charge in [0.05, 0.1) is 19.6 Å². The van der Waals surface area contributed by atoms with Crippen LogP contribution < -0.4 is 15.4 Å². The van der Waals surface area contributed by atoms with Crippen molar-refractivity contribution in [2.75, 3.05) is 39.2 Å². The van der Waals surface area contributed by atoms with Crippen molar-refractivity contribution < 1.29 is 19.1 Å². The van der Waals surface area contributed by atoms with Crippen molar-refractivity contribution in [2.45, 2.75) is 25.8 Å². The molecule has 1 aromatic rings. The SMILES string of the molecule is COCCNC(=O)[C@@H]1CC[C@H](C)N(C(=O)Nc2ccc(OC)cc2)C1. The van der Waals surface area contributed by atoms with Gasteiger partial charge in [-0.1, -0.05) is 0 Å². The van der Waals surface area contributed by atoms with E-state index in [0.29, 0.717) is 25.4 Å². The molecular formula is C18H27N3O4. The van der Waals surface area contributed by atoms with Crippen molar-refractivity contribution in [3.63, 3.8) is 0 Å². The first-order valence-electron chi connectivity index (χ1n) is 8.53. The number of nitrogens with one attached hydrogen (secondary N) is 2. The van der Waals surface area contributed by atoms with Gasteiger partial charge >= 0.3 is 6.03 Å². The molecule has 3 amide bonds. The lowest BCUT2D eigenvalue weighted by atomic mass is 9.93. The van der Waals surface area contributed by atoms with E-state index < -0.39 is 0 Å². The van der Waals surface area contributed by atoms with Gasteiger partial charge in [-0.05, 0) is 44.0 Å². The Kier molecular flexibility index (Phi) is 7.06. The molecule has 1 aliphatic rings. The van der Waals surface area contributed by atoms with Gasteiger partial charge in [0.1, 0.15) is 5.75 Å². The Balaban J connectivity index is 1.93. The molecule has 2 N–H and O–H groups in total. The van der Waals surface area contributed by atoms with E-state index in [9.17, 15) is 9.59 Å². The molecule has 2 atom stereocenters. The van der Waals surface area contributed by atoms with E-state index in [0.717, 1.165) is 18.6 Å². The highest BCUT2D eigenvalue weighted by molar-refractivity contribution is 5.90. The van der Waals surface area contributed by atoms with Crippen LogP contribution >= 0.6 is 0 Å². The number of methoxy groups -OCH3 is 2. The second kappa shape index (κ2) is 9.27. The van der Waals surface area contributed by atoms with Crippen LogP contribution in [0, 0.1) is 5.92 Å². The number of hydrogen-bond acceptors (Lipinski definition) is 4. The van der Waals surface area contributed by atoms with Gasteiger partial charge in [-0.15, -0.1) is 0 Å². The molecule has 0 spiro atoms. The maximum atomic E-state index is 12.6.